The Morgan fingerprint density at radius 2 is 1.95 bits per heavy atom. The standard InChI is InChI=1S/C16H20ClNO/c1-4-11-6-7-12(5-2)13(10-11)16(18-3)14-8-9-15(17)19-14/h6-10,16,18H,4-5H2,1-3H3. The molecule has 1 aromatic carbocycles. The van der Waals surface area contributed by atoms with Crippen LogP contribution in [0.1, 0.15) is 42.3 Å². The van der Waals surface area contributed by atoms with Gasteiger partial charge in [-0.15, -0.1) is 0 Å². The first-order valence-corrected chi connectivity index (χ1v) is 7.11. The van der Waals surface area contributed by atoms with Crippen molar-refractivity contribution in [1.82, 2.24) is 5.32 Å². The van der Waals surface area contributed by atoms with Gasteiger partial charge in [-0.05, 0) is 60.3 Å². The molecule has 19 heavy (non-hydrogen) atoms. The third-order valence-electron chi connectivity index (χ3n) is 3.48. The SMILES string of the molecule is CCc1ccc(CC)c(C(NC)c2ccc(Cl)o2)c1. The first-order chi connectivity index (χ1) is 9.19. The van der Waals surface area contributed by atoms with Gasteiger partial charge in [0, 0.05) is 0 Å². The minimum absolute atomic E-state index is 0.0500. The third-order valence-corrected chi connectivity index (χ3v) is 3.68. The van der Waals surface area contributed by atoms with Crippen LogP contribution in [0, 0.1) is 0 Å². The minimum atomic E-state index is 0.0500. The van der Waals surface area contributed by atoms with Crippen LogP contribution in [0.2, 0.25) is 5.22 Å². The van der Waals surface area contributed by atoms with Crippen LogP contribution in [0.25, 0.3) is 0 Å². The van der Waals surface area contributed by atoms with Gasteiger partial charge in [0.15, 0.2) is 5.22 Å². The summed E-state index contributed by atoms with van der Waals surface area (Å²) in [5, 5.41) is 3.75. The Kier molecular flexibility index (Phi) is 4.67. The fourth-order valence-electron chi connectivity index (χ4n) is 2.39. The molecular formula is C16H20ClNO. The van der Waals surface area contributed by atoms with Gasteiger partial charge >= 0.3 is 0 Å². The lowest BCUT2D eigenvalue weighted by molar-refractivity contribution is 0.463. The van der Waals surface area contributed by atoms with Gasteiger partial charge in [-0.25, -0.2) is 0 Å². The highest BCUT2D eigenvalue weighted by Gasteiger charge is 2.18. The fourth-order valence-corrected chi connectivity index (χ4v) is 2.54. The number of nitrogens with one attached hydrogen (secondary N) is 1. The Labute approximate surface area is 119 Å². The van der Waals surface area contributed by atoms with Crippen molar-refractivity contribution in [2.75, 3.05) is 7.05 Å². The van der Waals surface area contributed by atoms with E-state index in [2.05, 4.69) is 37.4 Å². The molecule has 0 saturated heterocycles. The molecule has 102 valence electrons. The lowest BCUT2D eigenvalue weighted by Crippen LogP contribution is -2.19. The van der Waals surface area contributed by atoms with Gasteiger partial charge in [0.05, 0.1) is 6.04 Å². The second-order valence-corrected chi connectivity index (χ2v) is 4.98. The molecule has 3 heteroatoms. The van der Waals surface area contributed by atoms with E-state index in [1.54, 1.807) is 6.07 Å². The van der Waals surface area contributed by atoms with E-state index < -0.39 is 0 Å². The van der Waals surface area contributed by atoms with E-state index >= 15 is 0 Å². The van der Waals surface area contributed by atoms with Crippen molar-refractivity contribution < 1.29 is 4.42 Å². The number of benzene rings is 1. The van der Waals surface area contributed by atoms with Crippen LogP contribution in [0.4, 0.5) is 0 Å². The van der Waals surface area contributed by atoms with Crippen LogP contribution < -0.4 is 5.32 Å². The molecule has 0 fully saturated rings. The van der Waals surface area contributed by atoms with Crippen molar-refractivity contribution in [2.45, 2.75) is 32.7 Å². The maximum Gasteiger partial charge on any atom is 0.193 e. The lowest BCUT2D eigenvalue weighted by Gasteiger charge is -2.19. The van der Waals surface area contributed by atoms with E-state index in [4.69, 9.17) is 16.0 Å². The van der Waals surface area contributed by atoms with Crippen molar-refractivity contribution in [2.24, 2.45) is 0 Å². The van der Waals surface area contributed by atoms with Crippen LogP contribution in [-0.4, -0.2) is 7.05 Å². The number of rotatable bonds is 5. The van der Waals surface area contributed by atoms with Crippen molar-refractivity contribution in [3.05, 3.63) is 58.0 Å². The fraction of sp³-hybridized carbons (Fsp3) is 0.375. The van der Waals surface area contributed by atoms with Gasteiger partial charge in [0.25, 0.3) is 0 Å². The zero-order valence-corrected chi connectivity index (χ0v) is 12.4. The number of hydrogen-bond acceptors (Lipinski definition) is 2. The van der Waals surface area contributed by atoms with Crippen LogP contribution in [-0.2, 0) is 12.8 Å². The van der Waals surface area contributed by atoms with Gasteiger partial charge in [0.2, 0.25) is 0 Å². The summed E-state index contributed by atoms with van der Waals surface area (Å²) in [5.41, 5.74) is 3.95. The predicted octanol–water partition coefficient (Wildman–Crippen LogP) is 4.37. The third kappa shape index (κ3) is 3.02. The van der Waals surface area contributed by atoms with Gasteiger partial charge in [0.1, 0.15) is 5.76 Å². The van der Waals surface area contributed by atoms with Gasteiger partial charge in [-0.1, -0.05) is 32.0 Å². The second-order valence-electron chi connectivity index (χ2n) is 4.60. The minimum Gasteiger partial charge on any atom is -0.448 e. The van der Waals surface area contributed by atoms with Crippen LogP contribution in [0.3, 0.4) is 0 Å². The molecule has 1 aromatic heterocycles. The Morgan fingerprint density at radius 3 is 2.47 bits per heavy atom. The summed E-state index contributed by atoms with van der Waals surface area (Å²) >= 11 is 5.89. The smallest absolute Gasteiger partial charge is 0.193 e. The largest absolute Gasteiger partial charge is 0.448 e. The maximum atomic E-state index is 5.89. The van der Waals surface area contributed by atoms with Crippen LogP contribution in [0.15, 0.2) is 34.7 Å². The van der Waals surface area contributed by atoms with Gasteiger partial charge in [-0.2, -0.15) is 0 Å². The van der Waals surface area contributed by atoms with E-state index in [1.807, 2.05) is 13.1 Å². The molecule has 1 atom stereocenters. The predicted molar refractivity (Wildman–Crippen MR) is 79.8 cm³/mol. The van der Waals surface area contributed by atoms with Gasteiger partial charge < -0.3 is 9.73 Å². The summed E-state index contributed by atoms with van der Waals surface area (Å²) in [4.78, 5) is 0. The molecule has 1 N–H and O–H groups in total. The molecule has 2 rings (SSSR count). The molecule has 0 bridgehead atoms. The van der Waals surface area contributed by atoms with Crippen molar-refractivity contribution in [1.29, 1.82) is 0 Å². The molecule has 0 saturated carbocycles. The lowest BCUT2D eigenvalue weighted by atomic mass is 9.94. The highest BCUT2D eigenvalue weighted by molar-refractivity contribution is 6.28. The zero-order chi connectivity index (χ0) is 13.8. The Balaban J connectivity index is 2.47. The first kappa shape index (κ1) is 14.2. The average molecular weight is 278 g/mol. The molecule has 0 spiro atoms. The van der Waals surface area contributed by atoms with E-state index in [0.29, 0.717) is 5.22 Å². The number of hydrogen-bond donors (Lipinski definition) is 1. The normalized spacial score (nSPS) is 12.6. The average Bonchev–Trinajstić information content (AvgIpc) is 2.86. The molecule has 1 unspecified atom stereocenters. The molecule has 0 aliphatic carbocycles. The van der Waals surface area contributed by atoms with Crippen molar-refractivity contribution in [3.8, 4) is 0 Å². The summed E-state index contributed by atoms with van der Waals surface area (Å²) in [6, 6.07) is 10.4. The Bertz CT molecular complexity index is 547. The van der Waals surface area contributed by atoms with E-state index in [9.17, 15) is 0 Å². The van der Waals surface area contributed by atoms with E-state index in [1.165, 1.54) is 16.7 Å². The van der Waals surface area contributed by atoms with E-state index in [-0.39, 0.29) is 6.04 Å². The monoisotopic (exact) mass is 277 g/mol. The number of halogens is 1. The summed E-state index contributed by atoms with van der Waals surface area (Å²) in [6.45, 7) is 4.34. The Hall–Kier alpha value is -1.25. The molecule has 0 aliphatic heterocycles. The molecule has 0 amide bonds. The topological polar surface area (TPSA) is 25.2 Å². The molecular weight excluding hydrogens is 258 g/mol. The summed E-state index contributed by atoms with van der Waals surface area (Å²) in [7, 11) is 1.94. The van der Waals surface area contributed by atoms with Crippen LogP contribution >= 0.6 is 11.6 Å². The highest BCUT2D eigenvalue weighted by Crippen LogP contribution is 2.29. The molecule has 0 radical (unpaired) electrons. The van der Waals surface area contributed by atoms with Crippen molar-refractivity contribution in [3.63, 3.8) is 0 Å². The summed E-state index contributed by atoms with van der Waals surface area (Å²) in [6.07, 6.45) is 2.04. The maximum absolute atomic E-state index is 5.89. The quantitative estimate of drug-likeness (QED) is 0.878. The van der Waals surface area contributed by atoms with E-state index in [0.717, 1.165) is 18.6 Å². The van der Waals surface area contributed by atoms with Gasteiger partial charge in [-0.3, -0.25) is 0 Å². The summed E-state index contributed by atoms with van der Waals surface area (Å²) < 4.78 is 5.57. The zero-order valence-electron chi connectivity index (χ0n) is 11.7. The van der Waals surface area contributed by atoms with Crippen LogP contribution in [0.5, 0.6) is 0 Å². The Morgan fingerprint density at radius 1 is 1.16 bits per heavy atom. The molecule has 1 heterocycles. The molecule has 2 aromatic rings. The summed E-state index contributed by atoms with van der Waals surface area (Å²) in [5.74, 6) is 0.857. The molecule has 0 aliphatic rings. The first-order valence-electron chi connectivity index (χ1n) is 6.73. The molecule has 2 nitrogen and oxygen atoms in total. The van der Waals surface area contributed by atoms with Crippen molar-refractivity contribution >= 4 is 11.6 Å². The highest BCUT2D eigenvalue weighted by atomic mass is 35.5. The number of furan rings is 1. The number of aryl methyl sites for hydroxylation is 2. The second kappa shape index (κ2) is 6.27.